The summed E-state index contributed by atoms with van der Waals surface area (Å²) in [6.45, 7) is 4.21. The number of benzene rings is 2. The van der Waals surface area contributed by atoms with E-state index in [1.54, 1.807) is 24.3 Å². The lowest BCUT2D eigenvalue weighted by Crippen LogP contribution is -2.45. The van der Waals surface area contributed by atoms with Crippen LogP contribution in [0, 0.1) is 0 Å². The van der Waals surface area contributed by atoms with Gasteiger partial charge in [-0.25, -0.2) is 0 Å². The molecule has 2 aromatic carbocycles. The number of aromatic hydroxyl groups is 1. The number of hydrogen-bond acceptors (Lipinski definition) is 6. The minimum atomic E-state index is -2.87. The normalized spacial score (nSPS) is 18.9. The van der Waals surface area contributed by atoms with Gasteiger partial charge in [0.1, 0.15) is 17.2 Å². The van der Waals surface area contributed by atoms with E-state index in [4.69, 9.17) is 14.0 Å². The smallest absolute Gasteiger partial charge is 0.242 e. The molecule has 1 unspecified atom stereocenters. The minimum Gasteiger partial charge on any atom is -0.508 e. The number of phenolic OH excluding ortho intramolecular Hbond substituents is 1. The molecule has 40 heavy (non-hydrogen) atoms. The van der Waals surface area contributed by atoms with Gasteiger partial charge in [-0.1, -0.05) is 51.5 Å². The van der Waals surface area contributed by atoms with Crippen LogP contribution >= 0.6 is 23.3 Å². The summed E-state index contributed by atoms with van der Waals surface area (Å²) in [5.41, 5.74) is 1.49. The molecule has 6 nitrogen and oxygen atoms in total. The molecular formula is C32H47BrNO5P. The lowest BCUT2D eigenvalue weighted by Gasteiger charge is -2.31. The van der Waals surface area contributed by atoms with Crippen molar-refractivity contribution in [1.82, 2.24) is 5.32 Å². The Morgan fingerprint density at radius 1 is 0.975 bits per heavy atom. The van der Waals surface area contributed by atoms with Gasteiger partial charge >= 0.3 is 0 Å². The number of ether oxygens (including phenoxy) is 2. The lowest BCUT2D eigenvalue weighted by atomic mass is 9.89. The van der Waals surface area contributed by atoms with Gasteiger partial charge in [0.15, 0.2) is 6.35 Å². The van der Waals surface area contributed by atoms with Crippen molar-refractivity contribution < 1.29 is 23.7 Å². The molecule has 1 atom stereocenters. The van der Waals surface area contributed by atoms with Gasteiger partial charge in [-0.05, 0) is 109 Å². The SMILES string of the molecule is CCCCOP(=O)(COc1ccc(CC2(NCCCOc3ccc(O)cc3)CCCC2)cc1Br)C1CCCCC1. The molecule has 0 bridgehead atoms. The monoisotopic (exact) mass is 635 g/mol. The molecule has 0 radical (unpaired) electrons. The van der Waals surface area contributed by atoms with Crippen LogP contribution in [-0.2, 0) is 15.5 Å². The second-order valence-electron chi connectivity index (χ2n) is 11.5. The molecule has 0 saturated heterocycles. The summed E-state index contributed by atoms with van der Waals surface area (Å²) in [5.74, 6) is 1.76. The molecule has 0 amide bonds. The van der Waals surface area contributed by atoms with E-state index < -0.39 is 7.37 Å². The van der Waals surface area contributed by atoms with Crippen molar-refractivity contribution in [3.05, 3.63) is 52.5 Å². The minimum absolute atomic E-state index is 0.101. The van der Waals surface area contributed by atoms with Crippen LogP contribution in [-0.4, -0.2) is 42.4 Å². The highest BCUT2D eigenvalue weighted by molar-refractivity contribution is 9.10. The predicted octanol–water partition coefficient (Wildman–Crippen LogP) is 8.83. The van der Waals surface area contributed by atoms with Crippen LogP contribution in [0.4, 0.5) is 0 Å². The summed E-state index contributed by atoms with van der Waals surface area (Å²) in [7, 11) is -2.87. The molecule has 8 heteroatoms. The summed E-state index contributed by atoms with van der Waals surface area (Å²) in [6, 6.07) is 13.2. The summed E-state index contributed by atoms with van der Waals surface area (Å²) in [4.78, 5) is 0. The first kappa shape index (κ1) is 31.4. The number of unbranched alkanes of at least 4 members (excludes halogenated alkanes) is 1. The van der Waals surface area contributed by atoms with E-state index in [2.05, 4.69) is 40.3 Å². The molecule has 2 aliphatic carbocycles. The van der Waals surface area contributed by atoms with Gasteiger partial charge < -0.3 is 24.4 Å². The first-order valence-corrected chi connectivity index (χ1v) is 17.9. The fraction of sp³-hybridized carbons (Fsp3) is 0.625. The molecule has 2 N–H and O–H groups in total. The highest BCUT2D eigenvalue weighted by Gasteiger charge is 2.36. The number of hydrogen-bond donors (Lipinski definition) is 2. The van der Waals surface area contributed by atoms with Crippen LogP contribution in [0.25, 0.3) is 0 Å². The maximum atomic E-state index is 13.9. The highest BCUT2D eigenvalue weighted by atomic mass is 79.9. The summed E-state index contributed by atoms with van der Waals surface area (Å²) < 4.78 is 32.9. The second-order valence-corrected chi connectivity index (χ2v) is 15.1. The largest absolute Gasteiger partial charge is 0.508 e. The molecule has 4 rings (SSSR count). The third-order valence-electron chi connectivity index (χ3n) is 8.36. The van der Waals surface area contributed by atoms with Gasteiger partial charge in [0.2, 0.25) is 7.37 Å². The summed E-state index contributed by atoms with van der Waals surface area (Å²) in [5, 5.41) is 13.3. The third-order valence-corrected chi connectivity index (χ3v) is 11.7. The van der Waals surface area contributed by atoms with E-state index in [9.17, 15) is 9.67 Å². The van der Waals surface area contributed by atoms with E-state index in [0.717, 1.165) is 73.9 Å². The van der Waals surface area contributed by atoms with Gasteiger partial charge in [-0.2, -0.15) is 0 Å². The van der Waals surface area contributed by atoms with Crippen LogP contribution in [0.2, 0.25) is 0 Å². The van der Waals surface area contributed by atoms with Crippen LogP contribution in [0.5, 0.6) is 17.2 Å². The zero-order valence-electron chi connectivity index (χ0n) is 24.0. The maximum Gasteiger partial charge on any atom is 0.242 e. The number of nitrogens with one attached hydrogen (secondary N) is 1. The molecule has 222 valence electrons. The number of halogens is 1. The zero-order chi connectivity index (χ0) is 28.3. The molecule has 2 aromatic rings. The molecule has 0 aromatic heterocycles. The Kier molecular flexibility index (Phi) is 12.3. The Labute approximate surface area is 249 Å². The highest BCUT2D eigenvalue weighted by Crippen LogP contribution is 2.56. The summed E-state index contributed by atoms with van der Waals surface area (Å²) in [6.07, 6.45) is 14.3. The van der Waals surface area contributed by atoms with Crippen LogP contribution < -0.4 is 14.8 Å². The third kappa shape index (κ3) is 9.24. The fourth-order valence-electron chi connectivity index (χ4n) is 6.03. The molecular weight excluding hydrogens is 589 g/mol. The van der Waals surface area contributed by atoms with Crippen molar-refractivity contribution in [2.45, 2.75) is 102 Å². The van der Waals surface area contributed by atoms with Crippen molar-refractivity contribution in [2.75, 3.05) is 26.1 Å². The van der Waals surface area contributed by atoms with Crippen molar-refractivity contribution in [1.29, 1.82) is 0 Å². The molecule has 2 saturated carbocycles. The van der Waals surface area contributed by atoms with Gasteiger partial charge in [-0.15, -0.1) is 0 Å². The van der Waals surface area contributed by atoms with E-state index >= 15 is 0 Å². The quantitative estimate of drug-likeness (QED) is 0.142. The first-order valence-electron chi connectivity index (χ1n) is 15.2. The topological polar surface area (TPSA) is 77.0 Å². The molecule has 0 heterocycles. The van der Waals surface area contributed by atoms with E-state index in [1.807, 2.05) is 6.07 Å². The Hall–Kier alpha value is -1.53. The van der Waals surface area contributed by atoms with Gasteiger partial charge in [0.05, 0.1) is 17.7 Å². The van der Waals surface area contributed by atoms with Crippen LogP contribution in [0.1, 0.15) is 89.5 Å². The summed E-state index contributed by atoms with van der Waals surface area (Å²) >= 11 is 3.73. The molecule has 0 spiro atoms. The average molecular weight is 637 g/mol. The Balaban J connectivity index is 1.30. The van der Waals surface area contributed by atoms with Crippen molar-refractivity contribution in [2.24, 2.45) is 0 Å². The Morgan fingerprint density at radius 2 is 1.73 bits per heavy atom. The predicted molar refractivity (Wildman–Crippen MR) is 166 cm³/mol. The maximum absolute atomic E-state index is 13.9. The molecule has 2 fully saturated rings. The van der Waals surface area contributed by atoms with E-state index in [0.29, 0.717) is 13.2 Å². The average Bonchev–Trinajstić information content (AvgIpc) is 3.42. The van der Waals surface area contributed by atoms with Crippen molar-refractivity contribution in [3.8, 4) is 17.2 Å². The standard InChI is InChI=1S/C32H47BrNO5P/c1-2-3-22-39-40(36,29-10-5-4-6-11-29)25-38-31-17-12-26(23-30(31)33)24-32(18-7-8-19-32)34-20-9-21-37-28-15-13-27(35)14-16-28/h12-17,23,29,34-35H,2-11,18-22,24-25H2,1H3. The van der Waals surface area contributed by atoms with Crippen molar-refractivity contribution in [3.63, 3.8) is 0 Å². The van der Waals surface area contributed by atoms with Crippen LogP contribution in [0.3, 0.4) is 0 Å². The van der Waals surface area contributed by atoms with Gasteiger partial charge in [0, 0.05) is 11.2 Å². The molecule has 2 aliphatic rings. The van der Waals surface area contributed by atoms with E-state index in [1.165, 1.54) is 37.7 Å². The fourth-order valence-corrected chi connectivity index (χ4v) is 8.98. The number of phenols is 1. The number of rotatable bonds is 16. The van der Waals surface area contributed by atoms with E-state index in [-0.39, 0.29) is 23.3 Å². The second kappa shape index (κ2) is 15.6. The van der Waals surface area contributed by atoms with Gasteiger partial charge in [-0.3, -0.25) is 4.57 Å². The Morgan fingerprint density at radius 3 is 2.42 bits per heavy atom. The Bertz CT molecular complexity index is 1080. The van der Waals surface area contributed by atoms with Crippen LogP contribution in [0.15, 0.2) is 46.9 Å². The van der Waals surface area contributed by atoms with Gasteiger partial charge in [0.25, 0.3) is 0 Å². The van der Waals surface area contributed by atoms with Crippen molar-refractivity contribution >= 4 is 23.3 Å². The zero-order valence-corrected chi connectivity index (χ0v) is 26.5. The first-order chi connectivity index (χ1) is 19.4. The lowest BCUT2D eigenvalue weighted by molar-refractivity contribution is 0.263. The molecule has 0 aliphatic heterocycles.